The molecule has 3 rings (SSSR count). The largest absolute Gasteiger partial charge is 0.460 e. The number of hydrogen-bond acceptors (Lipinski definition) is 7. The van der Waals surface area contributed by atoms with Crippen LogP contribution >= 0.6 is 0 Å². The third kappa shape index (κ3) is 7.09. The average molecular weight is 497 g/mol. The second-order valence-corrected chi connectivity index (χ2v) is 12.0. The molecule has 1 unspecified atom stereocenters. The maximum Gasteiger partial charge on any atom is 0.335 e. The Balaban J connectivity index is 1.98. The van der Waals surface area contributed by atoms with Crippen molar-refractivity contribution in [1.29, 1.82) is 0 Å². The summed E-state index contributed by atoms with van der Waals surface area (Å²) in [6.45, 7) is 16.1. The molecule has 0 N–H and O–H groups in total. The lowest BCUT2D eigenvalue weighted by Gasteiger charge is -2.28. The van der Waals surface area contributed by atoms with Crippen LogP contribution in [0, 0.1) is 5.92 Å². The standard InChI is InChI=1S/C29H36O7/c1-27(2,3)34-24(30)13-11-17-10-12-18-19-15-20(25(31)35-28(4,5)6)21(26(32)36-29(7,8)9)16-23(19)33-22(18)14-17/h10-15,21H,16H2,1-9H3/b13-11+. The number of benzene rings is 1. The van der Waals surface area contributed by atoms with Crippen LogP contribution in [0.2, 0.25) is 0 Å². The smallest absolute Gasteiger partial charge is 0.335 e. The molecule has 1 aromatic heterocycles. The lowest BCUT2D eigenvalue weighted by atomic mass is 9.86. The summed E-state index contributed by atoms with van der Waals surface area (Å²) in [6, 6.07) is 5.52. The van der Waals surface area contributed by atoms with E-state index in [9.17, 15) is 14.4 Å². The van der Waals surface area contributed by atoms with Gasteiger partial charge in [0.1, 0.15) is 28.1 Å². The van der Waals surface area contributed by atoms with Gasteiger partial charge in [-0.05, 0) is 92.2 Å². The van der Waals surface area contributed by atoms with Crippen LogP contribution in [0.4, 0.5) is 0 Å². The molecule has 0 aliphatic heterocycles. The zero-order valence-electron chi connectivity index (χ0n) is 22.6. The van der Waals surface area contributed by atoms with Gasteiger partial charge in [-0.2, -0.15) is 0 Å². The molecule has 7 nitrogen and oxygen atoms in total. The van der Waals surface area contributed by atoms with Gasteiger partial charge in [-0.25, -0.2) is 9.59 Å². The SMILES string of the molecule is CC(C)(C)OC(=O)/C=C/c1ccc2c3c(oc2c1)CC(C(=O)OC(C)(C)C)C(C(=O)OC(C)(C)C)=C3. The summed E-state index contributed by atoms with van der Waals surface area (Å²) in [5.74, 6) is -1.77. The minimum Gasteiger partial charge on any atom is -0.460 e. The molecule has 1 aromatic carbocycles. The van der Waals surface area contributed by atoms with Crippen molar-refractivity contribution in [2.24, 2.45) is 5.92 Å². The summed E-state index contributed by atoms with van der Waals surface area (Å²) < 4.78 is 22.6. The number of fused-ring (bicyclic) bond motifs is 3. The van der Waals surface area contributed by atoms with Gasteiger partial charge in [0.25, 0.3) is 0 Å². The van der Waals surface area contributed by atoms with Gasteiger partial charge in [-0.3, -0.25) is 4.79 Å². The van der Waals surface area contributed by atoms with E-state index in [1.54, 1.807) is 59.8 Å². The van der Waals surface area contributed by atoms with Gasteiger partial charge < -0.3 is 18.6 Å². The summed E-state index contributed by atoms with van der Waals surface area (Å²) in [5.41, 5.74) is 0.297. The molecule has 2 aromatic rings. The maximum absolute atomic E-state index is 13.1. The Morgan fingerprint density at radius 1 is 0.889 bits per heavy atom. The van der Waals surface area contributed by atoms with Crippen molar-refractivity contribution >= 4 is 41.0 Å². The van der Waals surface area contributed by atoms with Gasteiger partial charge >= 0.3 is 17.9 Å². The average Bonchev–Trinajstić information content (AvgIpc) is 3.04. The Morgan fingerprint density at radius 3 is 2.08 bits per heavy atom. The normalized spacial score (nSPS) is 16.5. The number of carbonyl (C=O) groups excluding carboxylic acids is 3. The number of hydrogen-bond donors (Lipinski definition) is 0. The number of ether oxygens (including phenoxy) is 3. The number of carbonyl (C=O) groups is 3. The van der Waals surface area contributed by atoms with E-state index >= 15 is 0 Å². The fourth-order valence-electron chi connectivity index (χ4n) is 3.77. The molecule has 1 heterocycles. The Morgan fingerprint density at radius 2 is 1.50 bits per heavy atom. The molecule has 0 spiro atoms. The first kappa shape index (κ1) is 27.2. The molecule has 36 heavy (non-hydrogen) atoms. The van der Waals surface area contributed by atoms with Gasteiger partial charge in [-0.15, -0.1) is 0 Å². The van der Waals surface area contributed by atoms with Crippen LogP contribution in [0.1, 0.15) is 79.2 Å². The molecule has 194 valence electrons. The third-order valence-electron chi connectivity index (χ3n) is 5.04. The van der Waals surface area contributed by atoms with Crippen LogP contribution in [0.25, 0.3) is 23.1 Å². The van der Waals surface area contributed by atoms with Crippen molar-refractivity contribution in [3.8, 4) is 0 Å². The zero-order chi connectivity index (χ0) is 27.1. The number of furan rings is 1. The molecule has 0 amide bonds. The molecule has 1 aliphatic carbocycles. The minimum atomic E-state index is -0.848. The molecule has 0 radical (unpaired) electrons. The van der Waals surface area contributed by atoms with Crippen molar-refractivity contribution in [2.45, 2.75) is 85.5 Å². The highest BCUT2D eigenvalue weighted by Crippen LogP contribution is 2.38. The van der Waals surface area contributed by atoms with Gasteiger partial charge in [0.2, 0.25) is 0 Å². The van der Waals surface area contributed by atoms with E-state index in [4.69, 9.17) is 18.6 Å². The van der Waals surface area contributed by atoms with E-state index in [-0.39, 0.29) is 12.0 Å². The van der Waals surface area contributed by atoms with Gasteiger partial charge in [0.15, 0.2) is 0 Å². The third-order valence-corrected chi connectivity index (χ3v) is 5.04. The Hall–Kier alpha value is -3.35. The first-order valence-electron chi connectivity index (χ1n) is 12.1. The predicted octanol–water partition coefficient (Wildman–Crippen LogP) is 6.03. The lowest BCUT2D eigenvalue weighted by molar-refractivity contribution is -0.162. The molecule has 7 heteroatoms. The Bertz CT molecular complexity index is 1240. The fourth-order valence-corrected chi connectivity index (χ4v) is 3.77. The van der Waals surface area contributed by atoms with Gasteiger partial charge in [-0.1, -0.05) is 6.07 Å². The van der Waals surface area contributed by atoms with Crippen LogP contribution in [0.15, 0.2) is 34.3 Å². The minimum absolute atomic E-state index is 0.174. The van der Waals surface area contributed by atoms with Crippen molar-refractivity contribution in [2.75, 3.05) is 0 Å². The van der Waals surface area contributed by atoms with Crippen LogP contribution in [-0.4, -0.2) is 34.7 Å². The van der Waals surface area contributed by atoms with E-state index in [2.05, 4.69) is 0 Å². The van der Waals surface area contributed by atoms with E-state index in [0.717, 1.165) is 16.5 Å². The van der Waals surface area contributed by atoms with Crippen molar-refractivity contribution < 1.29 is 33.0 Å². The predicted molar refractivity (Wildman–Crippen MR) is 138 cm³/mol. The second kappa shape index (κ2) is 9.60. The number of esters is 3. The van der Waals surface area contributed by atoms with Gasteiger partial charge in [0, 0.05) is 23.4 Å². The quantitative estimate of drug-likeness (QED) is 0.290. The van der Waals surface area contributed by atoms with E-state index in [0.29, 0.717) is 11.3 Å². The second-order valence-electron chi connectivity index (χ2n) is 12.0. The summed E-state index contributed by atoms with van der Waals surface area (Å²) >= 11 is 0. The molecular formula is C29H36O7. The summed E-state index contributed by atoms with van der Waals surface area (Å²) in [6.07, 6.45) is 4.87. The zero-order valence-corrected chi connectivity index (χ0v) is 22.6. The summed E-state index contributed by atoms with van der Waals surface area (Å²) in [5, 5.41) is 0.795. The molecule has 0 saturated heterocycles. The lowest BCUT2D eigenvalue weighted by Crippen LogP contribution is -2.35. The molecule has 0 saturated carbocycles. The van der Waals surface area contributed by atoms with Crippen LogP contribution < -0.4 is 0 Å². The highest BCUT2D eigenvalue weighted by molar-refractivity contribution is 6.04. The van der Waals surface area contributed by atoms with E-state index in [1.165, 1.54) is 6.08 Å². The summed E-state index contributed by atoms with van der Waals surface area (Å²) in [4.78, 5) is 38.2. The monoisotopic (exact) mass is 496 g/mol. The maximum atomic E-state index is 13.1. The molecule has 0 fully saturated rings. The molecule has 1 aliphatic rings. The first-order valence-corrected chi connectivity index (χ1v) is 12.1. The van der Waals surface area contributed by atoms with Crippen molar-refractivity contribution in [3.63, 3.8) is 0 Å². The molecule has 1 atom stereocenters. The van der Waals surface area contributed by atoms with Crippen LogP contribution in [0.3, 0.4) is 0 Å². The van der Waals surface area contributed by atoms with E-state index < -0.39 is 40.6 Å². The van der Waals surface area contributed by atoms with Crippen LogP contribution in [-0.2, 0) is 35.0 Å². The first-order chi connectivity index (χ1) is 16.4. The van der Waals surface area contributed by atoms with E-state index in [1.807, 2.05) is 32.9 Å². The topological polar surface area (TPSA) is 92.0 Å². The number of rotatable bonds is 4. The summed E-state index contributed by atoms with van der Waals surface area (Å²) in [7, 11) is 0. The Kier molecular flexibility index (Phi) is 7.26. The molecule has 0 bridgehead atoms. The van der Waals surface area contributed by atoms with Gasteiger partial charge in [0.05, 0.1) is 11.5 Å². The molecular weight excluding hydrogens is 460 g/mol. The highest BCUT2D eigenvalue weighted by Gasteiger charge is 2.38. The Labute approximate surface area is 212 Å². The van der Waals surface area contributed by atoms with Crippen LogP contribution in [0.5, 0.6) is 0 Å². The highest BCUT2D eigenvalue weighted by atomic mass is 16.6. The van der Waals surface area contributed by atoms with Crippen molar-refractivity contribution in [1.82, 2.24) is 0 Å². The fraction of sp³-hybridized carbons (Fsp3) is 0.483. The van der Waals surface area contributed by atoms with Crippen molar-refractivity contribution in [3.05, 3.63) is 46.7 Å².